The Morgan fingerprint density at radius 1 is 1.32 bits per heavy atom. The minimum Gasteiger partial charge on any atom is -0.465 e. The standard InChI is InChI=1S/C17H18N4O3S/c1-4-24-14(22)10-21-12-7-5-6-8-13(12)25-17(21)19-16(23)15-11(2)9-18-20(15)3/h5-9H,4,10H2,1-3H3. The van der Waals surface area contributed by atoms with Crippen molar-refractivity contribution in [3.63, 3.8) is 0 Å². The van der Waals surface area contributed by atoms with E-state index in [-0.39, 0.29) is 18.4 Å². The lowest BCUT2D eigenvalue weighted by Crippen LogP contribution is -2.23. The van der Waals surface area contributed by atoms with Gasteiger partial charge in [0.1, 0.15) is 12.2 Å². The summed E-state index contributed by atoms with van der Waals surface area (Å²) >= 11 is 1.36. The van der Waals surface area contributed by atoms with Gasteiger partial charge in [0, 0.05) is 12.6 Å². The van der Waals surface area contributed by atoms with Crippen LogP contribution < -0.4 is 4.80 Å². The van der Waals surface area contributed by atoms with Gasteiger partial charge in [-0.25, -0.2) is 0 Å². The van der Waals surface area contributed by atoms with E-state index in [4.69, 9.17) is 4.74 Å². The fourth-order valence-electron chi connectivity index (χ4n) is 2.59. The van der Waals surface area contributed by atoms with Crippen molar-refractivity contribution in [3.05, 3.63) is 46.5 Å². The van der Waals surface area contributed by atoms with Gasteiger partial charge in [-0.05, 0) is 26.0 Å². The minimum absolute atomic E-state index is 0.00827. The molecule has 0 saturated heterocycles. The van der Waals surface area contributed by atoms with E-state index in [2.05, 4.69) is 10.1 Å². The van der Waals surface area contributed by atoms with Crippen molar-refractivity contribution >= 4 is 33.4 Å². The Morgan fingerprint density at radius 3 is 2.76 bits per heavy atom. The monoisotopic (exact) mass is 358 g/mol. The topological polar surface area (TPSA) is 78.5 Å². The number of hydrogen-bond donors (Lipinski definition) is 0. The number of thiazole rings is 1. The molecule has 0 unspecified atom stereocenters. The third kappa shape index (κ3) is 3.39. The van der Waals surface area contributed by atoms with E-state index in [1.807, 2.05) is 31.2 Å². The normalized spacial score (nSPS) is 11.9. The summed E-state index contributed by atoms with van der Waals surface area (Å²) in [5, 5.41) is 4.08. The summed E-state index contributed by atoms with van der Waals surface area (Å²) in [6.45, 7) is 3.89. The quantitative estimate of drug-likeness (QED) is 0.669. The number of carbonyl (C=O) groups excluding carboxylic acids is 2. The first-order valence-electron chi connectivity index (χ1n) is 7.83. The smallest absolute Gasteiger partial charge is 0.326 e. The SMILES string of the molecule is CCOC(=O)Cn1c(=NC(=O)c2c(C)cnn2C)sc2ccccc21. The number of esters is 1. The molecule has 7 nitrogen and oxygen atoms in total. The maximum absolute atomic E-state index is 12.6. The Hall–Kier alpha value is -2.74. The zero-order chi connectivity index (χ0) is 18.0. The van der Waals surface area contributed by atoms with Crippen LogP contribution in [-0.2, 0) is 23.1 Å². The molecule has 1 amide bonds. The molecule has 3 aromatic rings. The molecule has 0 atom stereocenters. The van der Waals surface area contributed by atoms with Crippen LogP contribution in [0.3, 0.4) is 0 Å². The first-order chi connectivity index (χ1) is 12.0. The molecule has 2 heterocycles. The van der Waals surface area contributed by atoms with Gasteiger partial charge in [0.25, 0.3) is 5.91 Å². The third-order valence-electron chi connectivity index (χ3n) is 3.70. The predicted molar refractivity (Wildman–Crippen MR) is 94.3 cm³/mol. The molecule has 1 aromatic carbocycles. The number of benzene rings is 1. The highest BCUT2D eigenvalue weighted by Crippen LogP contribution is 2.17. The van der Waals surface area contributed by atoms with Crippen LogP contribution in [-0.4, -0.2) is 32.8 Å². The van der Waals surface area contributed by atoms with Crippen LogP contribution in [0.5, 0.6) is 0 Å². The van der Waals surface area contributed by atoms with Gasteiger partial charge >= 0.3 is 5.97 Å². The number of para-hydroxylation sites is 1. The number of ether oxygens (including phenoxy) is 1. The second kappa shape index (κ2) is 7.02. The Kier molecular flexibility index (Phi) is 4.80. The number of aromatic nitrogens is 3. The van der Waals surface area contributed by atoms with Gasteiger partial charge in [-0.3, -0.25) is 14.3 Å². The first-order valence-corrected chi connectivity index (χ1v) is 8.64. The van der Waals surface area contributed by atoms with Crippen LogP contribution in [0.2, 0.25) is 0 Å². The zero-order valence-corrected chi connectivity index (χ0v) is 15.0. The first kappa shape index (κ1) is 17.1. The summed E-state index contributed by atoms with van der Waals surface area (Å²) in [6.07, 6.45) is 1.63. The largest absolute Gasteiger partial charge is 0.465 e. The third-order valence-corrected chi connectivity index (χ3v) is 4.76. The highest BCUT2D eigenvalue weighted by molar-refractivity contribution is 7.16. The molecular formula is C17H18N4O3S. The molecular weight excluding hydrogens is 340 g/mol. The van der Waals surface area contributed by atoms with Crippen LogP contribution in [0, 0.1) is 6.92 Å². The maximum Gasteiger partial charge on any atom is 0.326 e. The van der Waals surface area contributed by atoms with Gasteiger partial charge in [-0.1, -0.05) is 23.5 Å². The zero-order valence-electron chi connectivity index (χ0n) is 14.2. The van der Waals surface area contributed by atoms with Gasteiger partial charge < -0.3 is 9.30 Å². The number of carbonyl (C=O) groups is 2. The number of hydrogen-bond acceptors (Lipinski definition) is 5. The maximum atomic E-state index is 12.6. The summed E-state index contributed by atoms with van der Waals surface area (Å²) in [6, 6.07) is 7.61. The van der Waals surface area contributed by atoms with E-state index >= 15 is 0 Å². The number of nitrogens with zero attached hydrogens (tertiary/aromatic N) is 4. The van der Waals surface area contributed by atoms with Gasteiger partial charge in [0.2, 0.25) is 0 Å². The van der Waals surface area contributed by atoms with Crippen molar-refractivity contribution in [1.82, 2.24) is 14.3 Å². The lowest BCUT2D eigenvalue weighted by molar-refractivity contribution is -0.143. The molecule has 0 N–H and O–H groups in total. The van der Waals surface area contributed by atoms with Gasteiger partial charge in [0.05, 0.1) is 23.0 Å². The molecule has 25 heavy (non-hydrogen) atoms. The fourth-order valence-corrected chi connectivity index (χ4v) is 3.62. The summed E-state index contributed by atoms with van der Waals surface area (Å²) < 4.78 is 9.20. The highest BCUT2D eigenvalue weighted by atomic mass is 32.1. The second-order valence-corrected chi connectivity index (χ2v) is 6.47. The summed E-state index contributed by atoms with van der Waals surface area (Å²) in [5.41, 5.74) is 2.03. The molecule has 0 saturated carbocycles. The van der Waals surface area contributed by atoms with E-state index in [0.717, 1.165) is 15.8 Å². The number of amides is 1. The molecule has 3 rings (SSSR count). The van der Waals surface area contributed by atoms with E-state index in [1.54, 1.807) is 24.7 Å². The van der Waals surface area contributed by atoms with Crippen molar-refractivity contribution in [2.45, 2.75) is 20.4 Å². The molecule has 0 bridgehead atoms. The van der Waals surface area contributed by atoms with Crippen molar-refractivity contribution in [3.8, 4) is 0 Å². The molecule has 0 aliphatic carbocycles. The van der Waals surface area contributed by atoms with E-state index < -0.39 is 0 Å². The van der Waals surface area contributed by atoms with Crippen molar-refractivity contribution in [2.75, 3.05) is 6.61 Å². The fraction of sp³-hybridized carbons (Fsp3) is 0.294. The molecule has 0 radical (unpaired) electrons. The predicted octanol–water partition coefficient (Wildman–Crippen LogP) is 2.05. The molecule has 2 aromatic heterocycles. The Balaban J connectivity index is 2.11. The minimum atomic E-state index is -0.387. The van der Waals surface area contributed by atoms with E-state index in [1.165, 1.54) is 16.0 Å². The Bertz CT molecular complexity index is 993. The molecule has 0 aliphatic rings. The van der Waals surface area contributed by atoms with Gasteiger partial charge in [-0.2, -0.15) is 10.1 Å². The van der Waals surface area contributed by atoms with E-state index in [9.17, 15) is 9.59 Å². The van der Waals surface area contributed by atoms with Crippen molar-refractivity contribution in [1.29, 1.82) is 0 Å². The van der Waals surface area contributed by atoms with Crippen LogP contribution in [0.25, 0.3) is 10.2 Å². The molecule has 0 spiro atoms. The van der Waals surface area contributed by atoms with Gasteiger partial charge in [0.15, 0.2) is 4.80 Å². The Morgan fingerprint density at radius 2 is 2.08 bits per heavy atom. The van der Waals surface area contributed by atoms with Gasteiger partial charge in [-0.15, -0.1) is 0 Å². The number of fused-ring (bicyclic) bond motifs is 1. The average Bonchev–Trinajstić information content (AvgIpc) is 3.08. The average molecular weight is 358 g/mol. The molecule has 0 fully saturated rings. The summed E-state index contributed by atoms with van der Waals surface area (Å²) in [7, 11) is 1.70. The summed E-state index contributed by atoms with van der Waals surface area (Å²) in [4.78, 5) is 29.3. The number of rotatable bonds is 4. The van der Waals surface area contributed by atoms with Crippen LogP contribution in [0.15, 0.2) is 35.5 Å². The lowest BCUT2D eigenvalue weighted by atomic mass is 10.3. The molecule has 0 aliphatic heterocycles. The summed E-state index contributed by atoms with van der Waals surface area (Å²) in [5.74, 6) is -0.752. The van der Waals surface area contributed by atoms with Crippen LogP contribution in [0.1, 0.15) is 23.0 Å². The van der Waals surface area contributed by atoms with Crippen molar-refractivity contribution in [2.24, 2.45) is 12.0 Å². The van der Waals surface area contributed by atoms with Crippen molar-refractivity contribution < 1.29 is 14.3 Å². The van der Waals surface area contributed by atoms with Crippen LogP contribution >= 0.6 is 11.3 Å². The molecule has 130 valence electrons. The highest BCUT2D eigenvalue weighted by Gasteiger charge is 2.16. The van der Waals surface area contributed by atoms with Crippen LogP contribution in [0.4, 0.5) is 0 Å². The molecule has 8 heteroatoms. The second-order valence-electron chi connectivity index (χ2n) is 5.46. The Labute approximate surface area is 148 Å². The van der Waals surface area contributed by atoms with E-state index in [0.29, 0.717) is 17.1 Å². The lowest BCUT2D eigenvalue weighted by Gasteiger charge is -2.05. The number of aryl methyl sites for hydroxylation is 2.